The van der Waals surface area contributed by atoms with Crippen molar-refractivity contribution in [3.05, 3.63) is 53.8 Å². The highest BCUT2D eigenvalue weighted by molar-refractivity contribution is 6.05. The Bertz CT molecular complexity index is 908. The second kappa shape index (κ2) is 7.62. The van der Waals surface area contributed by atoms with Crippen molar-refractivity contribution in [2.45, 2.75) is 27.7 Å². The van der Waals surface area contributed by atoms with Gasteiger partial charge in [0.05, 0.1) is 11.1 Å². The largest absolute Gasteiger partial charge is 0.490 e. The van der Waals surface area contributed by atoms with Gasteiger partial charge in [0.2, 0.25) is 5.91 Å². The monoisotopic (exact) mass is 384 g/mol. The Hall–Kier alpha value is -2.89. The van der Waals surface area contributed by atoms with Crippen LogP contribution in [-0.2, 0) is 4.79 Å². The van der Waals surface area contributed by atoms with Crippen molar-refractivity contribution < 1.29 is 18.7 Å². The van der Waals surface area contributed by atoms with Gasteiger partial charge < -0.3 is 15.0 Å². The zero-order valence-electron chi connectivity index (χ0n) is 16.6. The minimum atomic E-state index is -0.654. The molecule has 148 valence electrons. The molecule has 3 rings (SSSR count). The number of ether oxygens (including phenoxy) is 1. The molecule has 0 spiro atoms. The summed E-state index contributed by atoms with van der Waals surface area (Å²) < 4.78 is 19.3. The molecule has 6 heteroatoms. The van der Waals surface area contributed by atoms with E-state index in [1.807, 2.05) is 13.8 Å². The van der Waals surface area contributed by atoms with Crippen LogP contribution in [0.4, 0.5) is 15.8 Å². The number of halogens is 1. The molecule has 2 amide bonds. The molecule has 28 heavy (non-hydrogen) atoms. The molecule has 1 aliphatic heterocycles. The number of anilines is 2. The van der Waals surface area contributed by atoms with Gasteiger partial charge in [0.1, 0.15) is 18.2 Å². The fraction of sp³-hybridized carbons (Fsp3) is 0.364. The van der Waals surface area contributed by atoms with Crippen molar-refractivity contribution in [2.75, 3.05) is 23.4 Å². The van der Waals surface area contributed by atoms with Crippen molar-refractivity contribution in [2.24, 2.45) is 11.3 Å². The van der Waals surface area contributed by atoms with Gasteiger partial charge in [0, 0.05) is 23.9 Å². The number of amides is 2. The highest BCUT2D eigenvalue weighted by Gasteiger charge is 2.38. The molecule has 1 heterocycles. The van der Waals surface area contributed by atoms with Gasteiger partial charge in [-0.2, -0.15) is 0 Å². The number of nitrogens with one attached hydrogen (secondary N) is 1. The van der Waals surface area contributed by atoms with E-state index in [4.69, 9.17) is 4.74 Å². The molecular weight excluding hydrogens is 359 g/mol. The maximum Gasteiger partial charge on any atom is 0.255 e. The maximum atomic E-state index is 13.4. The zero-order valence-corrected chi connectivity index (χ0v) is 16.6. The molecule has 2 aromatic rings. The standard InChI is InChI=1S/C22H25FN2O3/c1-14(2)12-25-18-9-8-17(11-19(18)28-13-22(3,4)21(25)27)24-20(26)15-6-5-7-16(23)10-15/h5-11,14H,12-13H2,1-4H3,(H,24,26). The summed E-state index contributed by atoms with van der Waals surface area (Å²) in [7, 11) is 0. The smallest absolute Gasteiger partial charge is 0.255 e. The van der Waals surface area contributed by atoms with Crippen LogP contribution in [0, 0.1) is 17.2 Å². The van der Waals surface area contributed by atoms with E-state index in [0.29, 0.717) is 23.7 Å². The lowest BCUT2D eigenvalue weighted by Crippen LogP contribution is -2.43. The fourth-order valence-electron chi connectivity index (χ4n) is 3.10. The molecule has 0 atom stereocenters. The number of hydrogen-bond donors (Lipinski definition) is 1. The Balaban J connectivity index is 1.90. The van der Waals surface area contributed by atoms with Crippen LogP contribution in [0.3, 0.4) is 0 Å². The van der Waals surface area contributed by atoms with Gasteiger partial charge in [-0.1, -0.05) is 19.9 Å². The van der Waals surface area contributed by atoms with Crippen molar-refractivity contribution in [3.8, 4) is 5.75 Å². The number of nitrogens with zero attached hydrogens (tertiary/aromatic N) is 1. The molecule has 0 aliphatic carbocycles. The first kappa shape index (κ1) is 19.9. The van der Waals surface area contributed by atoms with Crippen LogP contribution in [0.5, 0.6) is 5.75 Å². The first-order valence-corrected chi connectivity index (χ1v) is 9.33. The van der Waals surface area contributed by atoms with Crippen molar-refractivity contribution in [1.82, 2.24) is 0 Å². The third-order valence-electron chi connectivity index (χ3n) is 4.56. The van der Waals surface area contributed by atoms with E-state index in [0.717, 1.165) is 0 Å². The van der Waals surface area contributed by atoms with Gasteiger partial charge in [0.15, 0.2) is 0 Å². The third-order valence-corrected chi connectivity index (χ3v) is 4.56. The lowest BCUT2D eigenvalue weighted by atomic mass is 9.92. The van der Waals surface area contributed by atoms with Gasteiger partial charge in [-0.25, -0.2) is 4.39 Å². The van der Waals surface area contributed by atoms with Crippen molar-refractivity contribution in [1.29, 1.82) is 0 Å². The number of carbonyl (C=O) groups is 2. The van der Waals surface area contributed by atoms with Gasteiger partial charge in [-0.15, -0.1) is 0 Å². The summed E-state index contributed by atoms with van der Waals surface area (Å²) in [4.78, 5) is 27.1. The van der Waals surface area contributed by atoms with E-state index >= 15 is 0 Å². The van der Waals surface area contributed by atoms with Gasteiger partial charge in [-0.05, 0) is 50.1 Å². The van der Waals surface area contributed by atoms with E-state index in [1.54, 1.807) is 29.2 Å². The predicted octanol–water partition coefficient (Wildman–Crippen LogP) is 4.49. The van der Waals surface area contributed by atoms with Gasteiger partial charge in [-0.3, -0.25) is 9.59 Å². The molecule has 0 aromatic heterocycles. The first-order chi connectivity index (χ1) is 13.2. The summed E-state index contributed by atoms with van der Waals surface area (Å²) in [6.45, 7) is 8.66. The molecule has 0 saturated carbocycles. The summed E-state index contributed by atoms with van der Waals surface area (Å²) in [5.74, 6) is -0.0438. The average molecular weight is 384 g/mol. The molecule has 0 bridgehead atoms. The average Bonchev–Trinajstić information content (AvgIpc) is 2.72. The predicted molar refractivity (Wildman–Crippen MR) is 107 cm³/mol. The Morgan fingerprint density at radius 3 is 2.68 bits per heavy atom. The lowest BCUT2D eigenvalue weighted by molar-refractivity contribution is -0.127. The maximum absolute atomic E-state index is 13.4. The lowest BCUT2D eigenvalue weighted by Gasteiger charge is -2.29. The van der Waals surface area contributed by atoms with Crippen LogP contribution in [0.15, 0.2) is 42.5 Å². The van der Waals surface area contributed by atoms with Gasteiger partial charge >= 0.3 is 0 Å². The summed E-state index contributed by atoms with van der Waals surface area (Å²) in [5, 5.41) is 2.75. The summed E-state index contributed by atoms with van der Waals surface area (Å²) in [6.07, 6.45) is 0. The Morgan fingerprint density at radius 2 is 2.00 bits per heavy atom. The van der Waals surface area contributed by atoms with Gasteiger partial charge in [0.25, 0.3) is 5.91 Å². The highest BCUT2D eigenvalue weighted by Crippen LogP contribution is 2.38. The second-order valence-corrected chi connectivity index (χ2v) is 8.13. The van der Waals surface area contributed by atoms with E-state index in [1.165, 1.54) is 18.2 Å². The molecule has 1 aliphatic rings. The van der Waals surface area contributed by atoms with Crippen LogP contribution in [0.1, 0.15) is 38.1 Å². The highest BCUT2D eigenvalue weighted by atomic mass is 19.1. The SMILES string of the molecule is CC(C)CN1C(=O)C(C)(C)COc2cc(NC(=O)c3cccc(F)c3)ccc21. The van der Waals surface area contributed by atoms with Crippen LogP contribution in [-0.4, -0.2) is 25.0 Å². The van der Waals surface area contributed by atoms with Crippen molar-refractivity contribution in [3.63, 3.8) is 0 Å². The summed E-state index contributed by atoms with van der Waals surface area (Å²) in [6, 6.07) is 10.7. The van der Waals surface area contributed by atoms with E-state index in [9.17, 15) is 14.0 Å². The molecule has 0 saturated heterocycles. The Kier molecular flexibility index (Phi) is 5.40. The number of rotatable bonds is 4. The molecule has 2 aromatic carbocycles. The quantitative estimate of drug-likeness (QED) is 0.845. The number of carbonyl (C=O) groups excluding carboxylic acids is 2. The topological polar surface area (TPSA) is 58.6 Å². The van der Waals surface area contributed by atoms with Crippen LogP contribution >= 0.6 is 0 Å². The summed E-state index contributed by atoms with van der Waals surface area (Å²) in [5.41, 5.74) is 0.783. The molecule has 1 N–H and O–H groups in total. The normalized spacial score (nSPS) is 15.6. The third kappa shape index (κ3) is 4.16. The van der Waals surface area contributed by atoms with Crippen LogP contribution in [0.2, 0.25) is 0 Å². The summed E-state index contributed by atoms with van der Waals surface area (Å²) >= 11 is 0. The number of benzene rings is 2. The molecular formula is C22H25FN2O3. The fourth-order valence-corrected chi connectivity index (χ4v) is 3.10. The zero-order chi connectivity index (χ0) is 20.5. The Morgan fingerprint density at radius 1 is 1.25 bits per heavy atom. The van der Waals surface area contributed by atoms with E-state index in [-0.39, 0.29) is 24.0 Å². The molecule has 0 radical (unpaired) electrons. The number of fused-ring (bicyclic) bond motifs is 1. The minimum absolute atomic E-state index is 0.0106. The minimum Gasteiger partial charge on any atom is -0.490 e. The second-order valence-electron chi connectivity index (χ2n) is 8.13. The van der Waals surface area contributed by atoms with E-state index < -0.39 is 17.1 Å². The van der Waals surface area contributed by atoms with Crippen molar-refractivity contribution >= 4 is 23.2 Å². The molecule has 0 unspecified atom stereocenters. The van der Waals surface area contributed by atoms with E-state index in [2.05, 4.69) is 19.2 Å². The molecule has 0 fully saturated rings. The number of hydrogen-bond acceptors (Lipinski definition) is 3. The first-order valence-electron chi connectivity index (χ1n) is 9.33. The van der Waals surface area contributed by atoms with Crippen LogP contribution < -0.4 is 15.0 Å². The Labute approximate surface area is 164 Å². The molecule has 5 nitrogen and oxygen atoms in total. The van der Waals surface area contributed by atoms with Crippen LogP contribution in [0.25, 0.3) is 0 Å².